The highest BCUT2D eigenvalue weighted by atomic mass is 79.9. The van der Waals surface area contributed by atoms with E-state index in [-0.39, 0.29) is 5.69 Å². The predicted octanol–water partition coefficient (Wildman–Crippen LogP) is 3.95. The van der Waals surface area contributed by atoms with Gasteiger partial charge < -0.3 is 5.73 Å². The van der Waals surface area contributed by atoms with E-state index in [9.17, 15) is 13.2 Å². The Balaban J connectivity index is 3.37. The molecule has 0 aliphatic heterocycles. The van der Waals surface area contributed by atoms with Crippen LogP contribution in [0.5, 0.6) is 0 Å². The van der Waals surface area contributed by atoms with Crippen LogP contribution in [0.1, 0.15) is 11.1 Å². The van der Waals surface area contributed by atoms with Crippen LogP contribution in [0.4, 0.5) is 18.9 Å². The molecule has 0 radical (unpaired) electrons. The van der Waals surface area contributed by atoms with E-state index in [4.69, 9.17) is 5.73 Å². The standard InChI is InChI=1S/C8H6Br2F3N/c9-3-4-1-5(10)2-6(7(4)14)8(11,12)13/h1-2H,3,14H2. The molecule has 14 heavy (non-hydrogen) atoms. The van der Waals surface area contributed by atoms with Gasteiger partial charge in [0, 0.05) is 15.5 Å². The highest BCUT2D eigenvalue weighted by Gasteiger charge is 2.33. The zero-order valence-electron chi connectivity index (χ0n) is 6.83. The number of halogens is 5. The van der Waals surface area contributed by atoms with Crippen LogP contribution >= 0.6 is 31.9 Å². The summed E-state index contributed by atoms with van der Waals surface area (Å²) >= 11 is 6.08. The molecule has 1 rings (SSSR count). The Morgan fingerprint density at radius 2 is 1.86 bits per heavy atom. The number of hydrogen-bond acceptors (Lipinski definition) is 1. The molecule has 0 spiro atoms. The fraction of sp³-hybridized carbons (Fsp3) is 0.250. The summed E-state index contributed by atoms with van der Waals surface area (Å²) in [5, 5.41) is 0.293. The van der Waals surface area contributed by atoms with E-state index in [1.54, 1.807) is 6.07 Å². The maximum Gasteiger partial charge on any atom is 0.418 e. The summed E-state index contributed by atoms with van der Waals surface area (Å²) in [5.74, 6) is 0. The molecule has 0 bridgehead atoms. The first-order valence-electron chi connectivity index (χ1n) is 3.57. The van der Waals surface area contributed by atoms with Gasteiger partial charge in [-0.05, 0) is 17.7 Å². The van der Waals surface area contributed by atoms with Crippen molar-refractivity contribution in [2.45, 2.75) is 11.5 Å². The second-order valence-electron chi connectivity index (χ2n) is 2.66. The van der Waals surface area contributed by atoms with E-state index >= 15 is 0 Å². The molecule has 0 fully saturated rings. The molecule has 1 nitrogen and oxygen atoms in total. The highest BCUT2D eigenvalue weighted by Crippen LogP contribution is 2.37. The van der Waals surface area contributed by atoms with Gasteiger partial charge in [0.2, 0.25) is 0 Å². The van der Waals surface area contributed by atoms with Crippen LogP contribution in [-0.2, 0) is 11.5 Å². The van der Waals surface area contributed by atoms with Gasteiger partial charge in [-0.2, -0.15) is 13.2 Å². The Kier molecular flexibility index (Phi) is 3.47. The highest BCUT2D eigenvalue weighted by molar-refractivity contribution is 9.10. The Hall–Kier alpha value is -0.230. The molecule has 1 aromatic carbocycles. The summed E-state index contributed by atoms with van der Waals surface area (Å²) in [4.78, 5) is 0. The van der Waals surface area contributed by atoms with Gasteiger partial charge in [0.25, 0.3) is 0 Å². The van der Waals surface area contributed by atoms with Gasteiger partial charge in [0.15, 0.2) is 0 Å². The summed E-state index contributed by atoms with van der Waals surface area (Å²) in [6.07, 6.45) is -4.41. The molecule has 0 saturated heterocycles. The number of anilines is 1. The van der Waals surface area contributed by atoms with E-state index in [2.05, 4.69) is 31.9 Å². The number of hydrogen-bond donors (Lipinski definition) is 1. The largest absolute Gasteiger partial charge is 0.418 e. The van der Waals surface area contributed by atoms with E-state index < -0.39 is 11.7 Å². The van der Waals surface area contributed by atoms with Crippen molar-refractivity contribution in [1.29, 1.82) is 0 Å². The van der Waals surface area contributed by atoms with Crippen molar-refractivity contribution in [3.63, 3.8) is 0 Å². The second kappa shape index (κ2) is 4.10. The van der Waals surface area contributed by atoms with E-state index in [0.717, 1.165) is 6.07 Å². The first-order chi connectivity index (χ1) is 6.36. The van der Waals surface area contributed by atoms with Crippen LogP contribution in [0.3, 0.4) is 0 Å². The summed E-state index contributed by atoms with van der Waals surface area (Å²) in [7, 11) is 0. The molecule has 2 N–H and O–H groups in total. The Morgan fingerprint density at radius 3 is 2.29 bits per heavy atom. The molecular weight excluding hydrogens is 327 g/mol. The molecular formula is C8H6Br2F3N. The van der Waals surface area contributed by atoms with Gasteiger partial charge in [0.1, 0.15) is 0 Å². The van der Waals surface area contributed by atoms with Gasteiger partial charge in [-0.15, -0.1) is 0 Å². The van der Waals surface area contributed by atoms with Gasteiger partial charge in [0.05, 0.1) is 5.56 Å². The van der Waals surface area contributed by atoms with Crippen LogP contribution in [0, 0.1) is 0 Å². The molecule has 0 saturated carbocycles. The molecule has 0 amide bonds. The fourth-order valence-corrected chi connectivity index (χ4v) is 1.99. The average Bonchev–Trinajstić information content (AvgIpc) is 2.06. The normalized spacial score (nSPS) is 11.8. The van der Waals surface area contributed by atoms with Crippen LogP contribution in [-0.4, -0.2) is 0 Å². The van der Waals surface area contributed by atoms with Crippen molar-refractivity contribution < 1.29 is 13.2 Å². The van der Waals surface area contributed by atoms with Crippen LogP contribution in [0.15, 0.2) is 16.6 Å². The predicted molar refractivity (Wildman–Crippen MR) is 56.2 cm³/mol. The first-order valence-corrected chi connectivity index (χ1v) is 5.48. The Bertz CT molecular complexity index is 349. The quantitative estimate of drug-likeness (QED) is 0.611. The zero-order valence-corrected chi connectivity index (χ0v) is 10.0. The summed E-state index contributed by atoms with van der Waals surface area (Å²) < 4.78 is 37.7. The van der Waals surface area contributed by atoms with Gasteiger partial charge in [-0.1, -0.05) is 31.9 Å². The third-order valence-corrected chi connectivity index (χ3v) is 2.74. The fourth-order valence-electron chi connectivity index (χ4n) is 1.02. The molecule has 0 heterocycles. The first kappa shape index (κ1) is 11.8. The van der Waals surface area contributed by atoms with Crippen molar-refractivity contribution in [3.05, 3.63) is 27.7 Å². The van der Waals surface area contributed by atoms with Crippen LogP contribution < -0.4 is 5.73 Å². The van der Waals surface area contributed by atoms with Crippen molar-refractivity contribution >= 4 is 37.5 Å². The lowest BCUT2D eigenvalue weighted by molar-refractivity contribution is -0.137. The number of rotatable bonds is 1. The van der Waals surface area contributed by atoms with Gasteiger partial charge in [-0.3, -0.25) is 0 Å². The topological polar surface area (TPSA) is 26.0 Å². The lowest BCUT2D eigenvalue weighted by Gasteiger charge is -2.13. The minimum absolute atomic E-state index is 0.224. The third kappa shape index (κ3) is 2.42. The van der Waals surface area contributed by atoms with Crippen molar-refractivity contribution in [3.8, 4) is 0 Å². The van der Waals surface area contributed by atoms with Crippen molar-refractivity contribution in [2.24, 2.45) is 0 Å². The molecule has 0 unspecified atom stereocenters. The second-order valence-corrected chi connectivity index (χ2v) is 4.13. The smallest absolute Gasteiger partial charge is 0.398 e. The summed E-state index contributed by atoms with van der Waals surface area (Å²) in [6.45, 7) is 0. The third-order valence-electron chi connectivity index (χ3n) is 1.68. The van der Waals surface area contributed by atoms with E-state index in [1.807, 2.05) is 0 Å². The van der Waals surface area contributed by atoms with Gasteiger partial charge in [-0.25, -0.2) is 0 Å². The molecule has 6 heteroatoms. The van der Waals surface area contributed by atoms with Gasteiger partial charge >= 0.3 is 6.18 Å². The molecule has 1 aromatic rings. The monoisotopic (exact) mass is 331 g/mol. The van der Waals surface area contributed by atoms with Crippen molar-refractivity contribution in [2.75, 3.05) is 5.73 Å². The number of benzene rings is 1. The minimum Gasteiger partial charge on any atom is -0.398 e. The van der Waals surface area contributed by atoms with Crippen LogP contribution in [0.2, 0.25) is 0 Å². The number of alkyl halides is 4. The number of nitrogen functional groups attached to an aromatic ring is 1. The zero-order chi connectivity index (χ0) is 10.9. The molecule has 0 atom stereocenters. The maximum absolute atomic E-state index is 12.4. The maximum atomic E-state index is 12.4. The average molecular weight is 333 g/mol. The Morgan fingerprint density at radius 1 is 1.29 bits per heavy atom. The number of nitrogens with two attached hydrogens (primary N) is 1. The molecule has 0 aliphatic carbocycles. The van der Waals surface area contributed by atoms with E-state index in [1.165, 1.54) is 0 Å². The van der Waals surface area contributed by atoms with Crippen molar-refractivity contribution in [1.82, 2.24) is 0 Å². The molecule has 0 aliphatic rings. The molecule has 78 valence electrons. The van der Waals surface area contributed by atoms with E-state index in [0.29, 0.717) is 15.4 Å². The lowest BCUT2D eigenvalue weighted by atomic mass is 10.1. The molecule has 0 aromatic heterocycles. The SMILES string of the molecule is Nc1c(CBr)cc(Br)cc1C(F)(F)F. The summed E-state index contributed by atoms with van der Waals surface area (Å²) in [6, 6.07) is 2.53. The Labute approximate surface area is 95.7 Å². The van der Waals surface area contributed by atoms with Crippen LogP contribution in [0.25, 0.3) is 0 Å². The summed E-state index contributed by atoms with van der Waals surface area (Å²) in [5.41, 5.74) is 4.77. The lowest BCUT2D eigenvalue weighted by Crippen LogP contribution is -2.10. The minimum atomic E-state index is -4.41.